The molecule has 1 aliphatic heterocycles. The highest BCUT2D eigenvalue weighted by Crippen LogP contribution is 2.25. The number of benzene rings is 2. The number of nitrogens with one attached hydrogen (secondary N) is 1. The molecular formula is C20H24FN3O2. The number of amides is 1. The van der Waals surface area contributed by atoms with Crippen LogP contribution in [0.25, 0.3) is 0 Å². The molecule has 0 unspecified atom stereocenters. The van der Waals surface area contributed by atoms with Crippen LogP contribution in [0.2, 0.25) is 0 Å². The van der Waals surface area contributed by atoms with E-state index >= 15 is 0 Å². The highest BCUT2D eigenvalue weighted by molar-refractivity contribution is 6.04. The van der Waals surface area contributed by atoms with Crippen molar-refractivity contribution in [3.05, 3.63) is 53.3 Å². The molecule has 1 fully saturated rings. The summed E-state index contributed by atoms with van der Waals surface area (Å²) >= 11 is 0. The van der Waals surface area contributed by atoms with Crippen LogP contribution in [0.5, 0.6) is 5.75 Å². The first-order chi connectivity index (χ1) is 12.5. The van der Waals surface area contributed by atoms with Gasteiger partial charge >= 0.3 is 0 Å². The number of aryl methyl sites for hydroxylation is 1. The lowest BCUT2D eigenvalue weighted by molar-refractivity contribution is 0.102. The van der Waals surface area contributed by atoms with Gasteiger partial charge in [0, 0.05) is 43.1 Å². The third-order valence-electron chi connectivity index (χ3n) is 4.74. The molecule has 0 aliphatic carbocycles. The minimum Gasteiger partial charge on any atom is -0.494 e. The van der Waals surface area contributed by atoms with Crippen LogP contribution in [0.3, 0.4) is 0 Å². The zero-order valence-electron chi connectivity index (χ0n) is 15.4. The molecule has 0 aromatic heterocycles. The van der Waals surface area contributed by atoms with Gasteiger partial charge in [-0.2, -0.15) is 0 Å². The highest BCUT2D eigenvalue weighted by atomic mass is 19.1. The Kier molecular flexibility index (Phi) is 5.42. The summed E-state index contributed by atoms with van der Waals surface area (Å²) in [5.74, 6) is -0.779. The number of hydrogen-bond donors (Lipinski definition) is 1. The predicted molar refractivity (Wildman–Crippen MR) is 102 cm³/mol. The van der Waals surface area contributed by atoms with Crippen molar-refractivity contribution in [2.24, 2.45) is 0 Å². The van der Waals surface area contributed by atoms with Crippen LogP contribution in [0.15, 0.2) is 36.4 Å². The second kappa shape index (κ2) is 7.74. The lowest BCUT2D eigenvalue weighted by atomic mass is 10.1. The molecule has 3 rings (SSSR count). The van der Waals surface area contributed by atoms with Crippen LogP contribution in [0.1, 0.15) is 15.9 Å². The highest BCUT2D eigenvalue weighted by Gasteiger charge is 2.16. The summed E-state index contributed by atoms with van der Waals surface area (Å²) in [6, 6.07) is 10.2. The molecule has 1 amide bonds. The van der Waals surface area contributed by atoms with Crippen LogP contribution in [-0.2, 0) is 0 Å². The monoisotopic (exact) mass is 357 g/mol. The van der Waals surface area contributed by atoms with E-state index < -0.39 is 5.82 Å². The van der Waals surface area contributed by atoms with Crippen molar-refractivity contribution in [3.8, 4) is 5.75 Å². The molecule has 0 radical (unpaired) electrons. The molecule has 0 spiro atoms. The maximum Gasteiger partial charge on any atom is 0.255 e. The van der Waals surface area contributed by atoms with Crippen LogP contribution in [-0.4, -0.2) is 51.1 Å². The summed E-state index contributed by atoms with van der Waals surface area (Å²) in [6.45, 7) is 6.03. The minimum atomic E-state index is -0.553. The third kappa shape index (κ3) is 3.96. The zero-order chi connectivity index (χ0) is 18.7. The summed E-state index contributed by atoms with van der Waals surface area (Å²) in [6.07, 6.45) is 0. The van der Waals surface area contributed by atoms with Crippen LogP contribution < -0.4 is 15.0 Å². The van der Waals surface area contributed by atoms with Crippen molar-refractivity contribution in [1.82, 2.24) is 4.90 Å². The lowest BCUT2D eigenvalue weighted by Crippen LogP contribution is -2.44. The van der Waals surface area contributed by atoms with Crippen molar-refractivity contribution < 1.29 is 13.9 Å². The van der Waals surface area contributed by atoms with Gasteiger partial charge in [-0.15, -0.1) is 0 Å². The Morgan fingerprint density at radius 2 is 1.85 bits per heavy atom. The molecule has 26 heavy (non-hydrogen) atoms. The topological polar surface area (TPSA) is 44.8 Å². The number of carbonyl (C=O) groups is 1. The number of likely N-dealkylation sites (N-methyl/N-ethyl adjacent to an activating group) is 1. The van der Waals surface area contributed by atoms with E-state index in [-0.39, 0.29) is 17.2 Å². The summed E-state index contributed by atoms with van der Waals surface area (Å²) < 4.78 is 18.7. The minimum absolute atomic E-state index is 0.120. The van der Waals surface area contributed by atoms with Gasteiger partial charge in [0.05, 0.1) is 7.11 Å². The van der Waals surface area contributed by atoms with Crippen molar-refractivity contribution in [1.29, 1.82) is 0 Å². The van der Waals surface area contributed by atoms with Crippen molar-refractivity contribution in [2.45, 2.75) is 6.92 Å². The molecule has 2 aromatic rings. The van der Waals surface area contributed by atoms with E-state index in [4.69, 9.17) is 4.74 Å². The molecule has 0 atom stereocenters. The number of hydrogen-bond acceptors (Lipinski definition) is 4. The molecule has 138 valence electrons. The second-order valence-corrected chi connectivity index (χ2v) is 6.59. The number of carbonyl (C=O) groups excluding carboxylic acids is 1. The van der Waals surface area contributed by atoms with Crippen LogP contribution in [0.4, 0.5) is 15.8 Å². The summed E-state index contributed by atoms with van der Waals surface area (Å²) in [5, 5.41) is 2.86. The smallest absolute Gasteiger partial charge is 0.255 e. The Morgan fingerprint density at radius 3 is 2.46 bits per heavy atom. The number of rotatable bonds is 4. The average molecular weight is 357 g/mol. The number of ether oxygens (including phenoxy) is 1. The van der Waals surface area contributed by atoms with E-state index in [0.29, 0.717) is 0 Å². The van der Waals surface area contributed by atoms with E-state index in [1.165, 1.54) is 19.2 Å². The second-order valence-electron chi connectivity index (χ2n) is 6.59. The number of anilines is 2. The van der Waals surface area contributed by atoms with Gasteiger partial charge in [-0.1, -0.05) is 0 Å². The standard InChI is InChI=1S/C20H24FN3O2/c1-14-12-16(24-10-8-23(2)9-11-24)5-6-18(14)22-20(25)15-4-7-19(26-3)17(21)13-15/h4-7,12-13H,8-11H2,1-3H3,(H,22,25). The van der Waals surface area contributed by atoms with Crippen LogP contribution >= 0.6 is 0 Å². The number of halogens is 1. The Morgan fingerprint density at radius 1 is 1.12 bits per heavy atom. The summed E-state index contributed by atoms with van der Waals surface area (Å²) in [4.78, 5) is 17.1. The van der Waals surface area contributed by atoms with Gasteiger partial charge in [-0.3, -0.25) is 4.79 Å². The van der Waals surface area contributed by atoms with Gasteiger partial charge in [-0.05, 0) is 55.9 Å². The van der Waals surface area contributed by atoms with Crippen molar-refractivity contribution in [2.75, 3.05) is 50.6 Å². The van der Waals surface area contributed by atoms with Gasteiger partial charge in [0.25, 0.3) is 5.91 Å². The van der Waals surface area contributed by atoms with Gasteiger partial charge in [0.15, 0.2) is 11.6 Å². The zero-order valence-corrected chi connectivity index (χ0v) is 15.4. The molecule has 0 saturated carbocycles. The fourth-order valence-electron chi connectivity index (χ4n) is 3.05. The number of methoxy groups -OCH3 is 1. The van der Waals surface area contributed by atoms with Gasteiger partial charge in [0.1, 0.15) is 0 Å². The SMILES string of the molecule is COc1ccc(C(=O)Nc2ccc(N3CCN(C)CC3)cc2C)cc1F. The van der Waals surface area contributed by atoms with E-state index in [1.807, 2.05) is 19.1 Å². The Bertz CT molecular complexity index is 802. The van der Waals surface area contributed by atoms with E-state index in [0.717, 1.165) is 43.1 Å². The molecule has 1 aliphatic rings. The summed E-state index contributed by atoms with van der Waals surface area (Å²) in [5.41, 5.74) is 3.11. The van der Waals surface area contributed by atoms with Crippen LogP contribution in [0, 0.1) is 12.7 Å². The normalized spacial score (nSPS) is 15.0. The van der Waals surface area contributed by atoms with Gasteiger partial charge in [-0.25, -0.2) is 4.39 Å². The fraction of sp³-hybridized carbons (Fsp3) is 0.350. The number of piperazine rings is 1. The molecule has 2 aromatic carbocycles. The van der Waals surface area contributed by atoms with Gasteiger partial charge < -0.3 is 19.9 Å². The quantitative estimate of drug-likeness (QED) is 0.913. The van der Waals surface area contributed by atoms with E-state index in [9.17, 15) is 9.18 Å². The number of nitrogens with zero attached hydrogens (tertiary/aromatic N) is 2. The Hall–Kier alpha value is -2.60. The first kappa shape index (κ1) is 18.2. The lowest BCUT2D eigenvalue weighted by Gasteiger charge is -2.34. The average Bonchev–Trinajstić information content (AvgIpc) is 2.64. The predicted octanol–water partition coefficient (Wildman–Crippen LogP) is 3.15. The fourth-order valence-corrected chi connectivity index (χ4v) is 3.05. The van der Waals surface area contributed by atoms with Crippen molar-refractivity contribution in [3.63, 3.8) is 0 Å². The van der Waals surface area contributed by atoms with E-state index in [2.05, 4.69) is 28.2 Å². The first-order valence-corrected chi connectivity index (χ1v) is 8.67. The first-order valence-electron chi connectivity index (χ1n) is 8.67. The molecule has 0 bridgehead atoms. The molecular weight excluding hydrogens is 333 g/mol. The molecule has 6 heteroatoms. The molecule has 1 heterocycles. The molecule has 1 N–H and O–H groups in total. The Labute approximate surface area is 153 Å². The Balaban J connectivity index is 1.71. The van der Waals surface area contributed by atoms with E-state index in [1.54, 1.807) is 6.07 Å². The summed E-state index contributed by atoms with van der Waals surface area (Å²) in [7, 11) is 3.52. The van der Waals surface area contributed by atoms with Gasteiger partial charge in [0.2, 0.25) is 0 Å². The maximum atomic E-state index is 13.8. The maximum absolute atomic E-state index is 13.8. The van der Waals surface area contributed by atoms with Crippen molar-refractivity contribution >= 4 is 17.3 Å². The molecule has 5 nitrogen and oxygen atoms in total. The third-order valence-corrected chi connectivity index (χ3v) is 4.74. The molecule has 1 saturated heterocycles. The largest absolute Gasteiger partial charge is 0.494 e.